The van der Waals surface area contributed by atoms with Gasteiger partial charge in [-0.3, -0.25) is 4.79 Å². The van der Waals surface area contributed by atoms with Crippen molar-refractivity contribution in [3.8, 4) is 5.75 Å². The van der Waals surface area contributed by atoms with Gasteiger partial charge in [-0.15, -0.1) is 0 Å². The first-order chi connectivity index (χ1) is 11.2. The fraction of sp³-hybridized carbons (Fsp3) is 0.111. The molecule has 116 valence electrons. The van der Waals surface area contributed by atoms with Crippen LogP contribution in [0.2, 0.25) is 0 Å². The summed E-state index contributed by atoms with van der Waals surface area (Å²) in [6, 6.07) is 15.4. The van der Waals surface area contributed by atoms with Crippen LogP contribution in [0.4, 0.5) is 5.69 Å². The van der Waals surface area contributed by atoms with E-state index in [0.29, 0.717) is 10.1 Å². The predicted octanol–water partition coefficient (Wildman–Crippen LogP) is 3.90. The molecule has 1 aliphatic rings. The summed E-state index contributed by atoms with van der Waals surface area (Å²) in [4.78, 5) is 17.1. The smallest absolute Gasteiger partial charge is 0.264 e. The van der Waals surface area contributed by atoms with Crippen molar-refractivity contribution in [1.29, 1.82) is 0 Å². The number of methoxy groups -OCH3 is 1. The Morgan fingerprint density at radius 2 is 1.96 bits per heavy atom. The van der Waals surface area contributed by atoms with Crippen LogP contribution in [0.5, 0.6) is 5.75 Å². The van der Waals surface area contributed by atoms with E-state index in [4.69, 9.17) is 4.74 Å². The van der Waals surface area contributed by atoms with Crippen molar-refractivity contribution in [3.63, 3.8) is 0 Å². The number of ether oxygens (including phenoxy) is 1. The molecule has 0 spiro atoms. The number of nitrogens with one attached hydrogen (secondary N) is 1. The molecule has 4 nitrogen and oxygen atoms in total. The summed E-state index contributed by atoms with van der Waals surface area (Å²) in [5.41, 5.74) is 2.81. The third kappa shape index (κ3) is 3.63. The van der Waals surface area contributed by atoms with Crippen LogP contribution in [-0.2, 0) is 4.79 Å². The van der Waals surface area contributed by atoms with E-state index in [1.54, 1.807) is 7.11 Å². The van der Waals surface area contributed by atoms with Gasteiger partial charge < -0.3 is 10.1 Å². The quantitative estimate of drug-likeness (QED) is 0.871. The zero-order valence-corrected chi connectivity index (χ0v) is 13.7. The maximum atomic E-state index is 12.1. The lowest BCUT2D eigenvalue weighted by molar-refractivity contribution is -0.115. The molecule has 23 heavy (non-hydrogen) atoms. The van der Waals surface area contributed by atoms with Crippen molar-refractivity contribution in [2.45, 2.75) is 6.92 Å². The van der Waals surface area contributed by atoms with Crippen molar-refractivity contribution in [2.24, 2.45) is 4.99 Å². The number of benzene rings is 2. The van der Waals surface area contributed by atoms with E-state index >= 15 is 0 Å². The van der Waals surface area contributed by atoms with E-state index < -0.39 is 0 Å². The molecule has 0 aromatic heterocycles. The van der Waals surface area contributed by atoms with Crippen molar-refractivity contribution >= 4 is 34.6 Å². The van der Waals surface area contributed by atoms with E-state index in [9.17, 15) is 4.79 Å². The molecular formula is C18H16N2O2S. The number of aliphatic imine (C=N–C) groups is 1. The minimum Gasteiger partial charge on any atom is -0.496 e. The Kier molecular flexibility index (Phi) is 4.48. The third-order valence-electron chi connectivity index (χ3n) is 3.35. The number of amidine groups is 1. The number of hydrogen-bond acceptors (Lipinski definition) is 4. The summed E-state index contributed by atoms with van der Waals surface area (Å²) < 4.78 is 5.25. The maximum Gasteiger partial charge on any atom is 0.264 e. The molecule has 1 saturated heterocycles. The molecule has 0 radical (unpaired) electrons. The molecule has 0 unspecified atom stereocenters. The first kappa shape index (κ1) is 15.4. The minimum atomic E-state index is -0.127. The zero-order chi connectivity index (χ0) is 16.2. The van der Waals surface area contributed by atoms with Gasteiger partial charge in [0.1, 0.15) is 5.75 Å². The number of rotatable bonds is 3. The van der Waals surface area contributed by atoms with Gasteiger partial charge in [-0.25, -0.2) is 4.99 Å². The van der Waals surface area contributed by atoms with Gasteiger partial charge in [0.25, 0.3) is 5.91 Å². The topological polar surface area (TPSA) is 50.7 Å². The largest absolute Gasteiger partial charge is 0.496 e. The molecule has 1 amide bonds. The zero-order valence-electron chi connectivity index (χ0n) is 12.9. The standard InChI is InChI=1S/C18H16N2O2S/c1-12-10-13(8-9-15(12)22-2)11-16-17(21)20-18(23-16)19-14-6-4-3-5-7-14/h3-11H,1-2H3,(H,19,20,21)/b16-11-. The van der Waals surface area contributed by atoms with Crippen molar-refractivity contribution < 1.29 is 9.53 Å². The second kappa shape index (κ2) is 6.71. The van der Waals surface area contributed by atoms with Gasteiger partial charge in [0.05, 0.1) is 17.7 Å². The molecule has 1 fully saturated rings. The highest BCUT2D eigenvalue weighted by Crippen LogP contribution is 2.29. The molecule has 5 heteroatoms. The number of thioether (sulfide) groups is 1. The van der Waals surface area contributed by atoms with Crippen LogP contribution >= 0.6 is 11.8 Å². The second-order valence-electron chi connectivity index (χ2n) is 5.05. The summed E-state index contributed by atoms with van der Waals surface area (Å²) in [5.74, 6) is 0.708. The average molecular weight is 324 g/mol. The van der Waals surface area contributed by atoms with E-state index in [1.165, 1.54) is 11.8 Å². The van der Waals surface area contributed by atoms with Crippen LogP contribution in [0.1, 0.15) is 11.1 Å². The maximum absolute atomic E-state index is 12.1. The third-order valence-corrected chi connectivity index (χ3v) is 4.26. The summed E-state index contributed by atoms with van der Waals surface area (Å²) in [6.07, 6.45) is 1.86. The van der Waals surface area contributed by atoms with E-state index in [0.717, 1.165) is 22.6 Å². The fourth-order valence-electron chi connectivity index (χ4n) is 2.24. The molecular weight excluding hydrogens is 308 g/mol. The van der Waals surface area contributed by atoms with Gasteiger partial charge in [-0.05, 0) is 60.2 Å². The van der Waals surface area contributed by atoms with Crippen molar-refractivity contribution in [2.75, 3.05) is 7.11 Å². The van der Waals surface area contributed by atoms with Crippen LogP contribution in [-0.4, -0.2) is 18.2 Å². The molecule has 0 bridgehead atoms. The van der Waals surface area contributed by atoms with Crippen molar-refractivity contribution in [1.82, 2.24) is 5.32 Å². The molecule has 0 saturated carbocycles. The Bertz CT molecular complexity index is 798. The minimum absolute atomic E-state index is 0.127. The van der Waals surface area contributed by atoms with E-state index in [1.807, 2.05) is 61.5 Å². The number of carbonyl (C=O) groups excluding carboxylic acids is 1. The number of aryl methyl sites for hydroxylation is 1. The van der Waals surface area contributed by atoms with Gasteiger partial charge in [-0.2, -0.15) is 0 Å². The number of hydrogen-bond donors (Lipinski definition) is 1. The highest BCUT2D eigenvalue weighted by Gasteiger charge is 2.23. The van der Waals surface area contributed by atoms with Crippen LogP contribution in [0.25, 0.3) is 6.08 Å². The Hall–Kier alpha value is -2.53. The number of carbonyl (C=O) groups is 1. The van der Waals surface area contributed by atoms with Crippen LogP contribution in [0.3, 0.4) is 0 Å². The summed E-state index contributed by atoms with van der Waals surface area (Å²) in [5, 5.41) is 3.39. The van der Waals surface area contributed by atoms with Crippen LogP contribution in [0, 0.1) is 6.92 Å². The van der Waals surface area contributed by atoms with Crippen molar-refractivity contribution in [3.05, 3.63) is 64.6 Å². The van der Waals surface area contributed by atoms with Gasteiger partial charge in [-0.1, -0.05) is 24.3 Å². The highest BCUT2D eigenvalue weighted by atomic mass is 32.2. The number of amides is 1. The lowest BCUT2D eigenvalue weighted by Crippen LogP contribution is -2.19. The normalized spacial score (nSPS) is 17.6. The summed E-state index contributed by atoms with van der Waals surface area (Å²) in [6.45, 7) is 1.98. The van der Waals surface area contributed by atoms with Gasteiger partial charge in [0.2, 0.25) is 0 Å². The Morgan fingerprint density at radius 3 is 2.65 bits per heavy atom. The van der Waals surface area contributed by atoms with Gasteiger partial charge >= 0.3 is 0 Å². The van der Waals surface area contributed by atoms with Crippen LogP contribution < -0.4 is 10.1 Å². The first-order valence-corrected chi connectivity index (χ1v) is 7.96. The molecule has 1 aliphatic heterocycles. The Morgan fingerprint density at radius 1 is 1.17 bits per heavy atom. The molecule has 1 heterocycles. The second-order valence-corrected chi connectivity index (χ2v) is 6.08. The number of para-hydroxylation sites is 1. The first-order valence-electron chi connectivity index (χ1n) is 7.15. The molecule has 2 aromatic rings. The molecule has 0 atom stereocenters. The van der Waals surface area contributed by atoms with Gasteiger partial charge in [0, 0.05) is 0 Å². The molecule has 1 N–H and O–H groups in total. The predicted molar refractivity (Wildman–Crippen MR) is 95.0 cm³/mol. The summed E-state index contributed by atoms with van der Waals surface area (Å²) >= 11 is 1.34. The lowest BCUT2D eigenvalue weighted by Gasteiger charge is -2.04. The molecule has 2 aromatic carbocycles. The number of nitrogens with zero attached hydrogens (tertiary/aromatic N) is 1. The fourth-order valence-corrected chi connectivity index (χ4v) is 3.08. The lowest BCUT2D eigenvalue weighted by atomic mass is 10.1. The highest BCUT2D eigenvalue weighted by molar-refractivity contribution is 8.18. The van der Waals surface area contributed by atoms with E-state index in [2.05, 4.69) is 10.3 Å². The van der Waals surface area contributed by atoms with E-state index in [-0.39, 0.29) is 5.91 Å². The monoisotopic (exact) mass is 324 g/mol. The van der Waals surface area contributed by atoms with Crippen LogP contribution in [0.15, 0.2) is 58.4 Å². The molecule has 3 rings (SSSR count). The van der Waals surface area contributed by atoms with Gasteiger partial charge in [0.15, 0.2) is 5.17 Å². The molecule has 0 aliphatic carbocycles. The summed E-state index contributed by atoms with van der Waals surface area (Å²) in [7, 11) is 1.65. The Labute approximate surface area is 139 Å². The average Bonchev–Trinajstić information content (AvgIpc) is 2.88. The SMILES string of the molecule is COc1ccc(/C=C2\SC(=Nc3ccccc3)NC2=O)cc1C. The Balaban J connectivity index is 1.83.